The van der Waals surface area contributed by atoms with Gasteiger partial charge in [0.1, 0.15) is 5.78 Å². The quantitative estimate of drug-likeness (QED) is 0.849. The molecule has 1 aromatic carbocycles. The van der Waals surface area contributed by atoms with Gasteiger partial charge in [0, 0.05) is 6.07 Å². The molecule has 2 aromatic rings. The molecule has 1 aliphatic rings. The molecule has 0 spiro atoms. The van der Waals surface area contributed by atoms with Gasteiger partial charge in [-0.05, 0) is 44.8 Å². The van der Waals surface area contributed by atoms with Crippen molar-refractivity contribution in [3.63, 3.8) is 0 Å². The Kier molecular flexibility index (Phi) is 4.62. The molecular formula is C19H24N2O2. The summed E-state index contributed by atoms with van der Waals surface area (Å²) in [5.41, 5.74) is 1.83. The first-order chi connectivity index (χ1) is 11.1. The van der Waals surface area contributed by atoms with Crippen LogP contribution in [-0.2, 0) is 23.2 Å². The van der Waals surface area contributed by atoms with Gasteiger partial charge in [-0.25, -0.2) is 0 Å². The Labute approximate surface area is 137 Å². The minimum atomic E-state index is -0.326. The summed E-state index contributed by atoms with van der Waals surface area (Å²) >= 11 is 0. The van der Waals surface area contributed by atoms with Gasteiger partial charge in [-0.3, -0.25) is 9.69 Å². The van der Waals surface area contributed by atoms with E-state index in [9.17, 15) is 4.79 Å². The van der Waals surface area contributed by atoms with E-state index in [4.69, 9.17) is 4.52 Å². The predicted molar refractivity (Wildman–Crippen MR) is 89.2 cm³/mol. The molecule has 0 unspecified atom stereocenters. The molecule has 0 N–H and O–H groups in total. The highest BCUT2D eigenvalue weighted by Gasteiger charge is 2.40. The summed E-state index contributed by atoms with van der Waals surface area (Å²) < 4.78 is 5.38. The van der Waals surface area contributed by atoms with E-state index in [1.54, 1.807) is 6.92 Å². The SMILES string of the molecule is CCc1cc(CN2CCC(C(C)=O)(c3ccccc3)CC2)on1. The summed E-state index contributed by atoms with van der Waals surface area (Å²) in [6.07, 6.45) is 2.62. The lowest BCUT2D eigenvalue weighted by atomic mass is 9.70. The van der Waals surface area contributed by atoms with Gasteiger partial charge in [0.15, 0.2) is 5.76 Å². The van der Waals surface area contributed by atoms with Crippen molar-refractivity contribution in [1.29, 1.82) is 0 Å². The minimum absolute atomic E-state index is 0.274. The number of aryl methyl sites for hydroxylation is 1. The molecule has 0 aliphatic carbocycles. The molecule has 2 heterocycles. The van der Waals surface area contributed by atoms with Crippen LogP contribution in [0.3, 0.4) is 0 Å². The number of nitrogens with zero attached hydrogens (tertiary/aromatic N) is 2. The Bertz CT molecular complexity index is 655. The summed E-state index contributed by atoms with van der Waals surface area (Å²) in [5, 5.41) is 4.05. The third kappa shape index (κ3) is 3.22. The molecule has 0 atom stereocenters. The number of rotatable bonds is 5. The molecule has 0 amide bonds. The van der Waals surface area contributed by atoms with Crippen molar-refractivity contribution in [1.82, 2.24) is 10.1 Å². The van der Waals surface area contributed by atoms with Crippen LogP contribution in [0.4, 0.5) is 0 Å². The largest absolute Gasteiger partial charge is 0.360 e. The van der Waals surface area contributed by atoms with Gasteiger partial charge < -0.3 is 4.52 Å². The van der Waals surface area contributed by atoms with Crippen LogP contribution in [0.2, 0.25) is 0 Å². The number of carbonyl (C=O) groups excluding carboxylic acids is 1. The number of carbonyl (C=O) groups is 1. The van der Waals surface area contributed by atoms with E-state index in [1.165, 1.54) is 0 Å². The van der Waals surface area contributed by atoms with Crippen LogP contribution in [0.5, 0.6) is 0 Å². The lowest BCUT2D eigenvalue weighted by molar-refractivity contribution is -0.124. The normalized spacial score (nSPS) is 18.0. The third-order valence-corrected chi connectivity index (χ3v) is 5.06. The van der Waals surface area contributed by atoms with Crippen molar-refractivity contribution >= 4 is 5.78 Å². The Morgan fingerprint density at radius 2 is 1.96 bits per heavy atom. The fourth-order valence-corrected chi connectivity index (χ4v) is 3.51. The standard InChI is InChI=1S/C19H24N2O2/c1-3-17-13-18(23-20-17)14-21-11-9-19(10-12-21,15(2)22)16-7-5-4-6-8-16/h4-8,13H,3,9-12,14H2,1-2H3. The molecule has 1 fully saturated rings. The van der Waals surface area contributed by atoms with E-state index in [0.29, 0.717) is 0 Å². The molecule has 1 saturated heterocycles. The fourth-order valence-electron chi connectivity index (χ4n) is 3.51. The van der Waals surface area contributed by atoms with Gasteiger partial charge in [-0.2, -0.15) is 0 Å². The monoisotopic (exact) mass is 312 g/mol. The topological polar surface area (TPSA) is 46.3 Å². The van der Waals surface area contributed by atoms with Gasteiger partial charge in [-0.15, -0.1) is 0 Å². The van der Waals surface area contributed by atoms with Crippen molar-refractivity contribution in [2.75, 3.05) is 13.1 Å². The summed E-state index contributed by atoms with van der Waals surface area (Å²) in [6.45, 7) is 6.37. The van der Waals surface area contributed by atoms with Crippen LogP contribution in [0.25, 0.3) is 0 Å². The summed E-state index contributed by atoms with van der Waals surface area (Å²) in [4.78, 5) is 14.7. The minimum Gasteiger partial charge on any atom is -0.360 e. The number of benzene rings is 1. The van der Waals surface area contributed by atoms with Crippen molar-refractivity contribution in [3.05, 3.63) is 53.4 Å². The first-order valence-corrected chi connectivity index (χ1v) is 8.37. The summed E-state index contributed by atoms with van der Waals surface area (Å²) in [7, 11) is 0. The summed E-state index contributed by atoms with van der Waals surface area (Å²) in [6, 6.07) is 12.2. The molecule has 23 heavy (non-hydrogen) atoms. The molecule has 1 aliphatic heterocycles. The number of likely N-dealkylation sites (tertiary alicyclic amines) is 1. The van der Waals surface area contributed by atoms with E-state index in [2.05, 4.69) is 29.1 Å². The van der Waals surface area contributed by atoms with Crippen LogP contribution < -0.4 is 0 Å². The second-order valence-electron chi connectivity index (χ2n) is 6.42. The van der Waals surface area contributed by atoms with Crippen molar-refractivity contribution in [3.8, 4) is 0 Å². The molecule has 0 saturated carbocycles. The molecule has 4 nitrogen and oxygen atoms in total. The van der Waals surface area contributed by atoms with Gasteiger partial charge >= 0.3 is 0 Å². The summed E-state index contributed by atoms with van der Waals surface area (Å²) in [5.74, 6) is 1.19. The molecular weight excluding hydrogens is 288 g/mol. The molecule has 0 radical (unpaired) electrons. The highest BCUT2D eigenvalue weighted by atomic mass is 16.5. The second kappa shape index (κ2) is 6.67. The van der Waals surface area contributed by atoms with E-state index in [0.717, 1.165) is 55.9 Å². The fraction of sp³-hybridized carbons (Fsp3) is 0.474. The van der Waals surface area contributed by atoms with Crippen LogP contribution in [-0.4, -0.2) is 28.9 Å². The molecule has 3 rings (SSSR count). The first-order valence-electron chi connectivity index (χ1n) is 8.37. The average molecular weight is 312 g/mol. The van der Waals surface area contributed by atoms with Gasteiger partial charge in [0.05, 0.1) is 17.7 Å². The number of aromatic nitrogens is 1. The van der Waals surface area contributed by atoms with E-state index >= 15 is 0 Å². The van der Waals surface area contributed by atoms with Crippen molar-refractivity contribution < 1.29 is 9.32 Å². The highest BCUT2D eigenvalue weighted by molar-refractivity contribution is 5.88. The van der Waals surface area contributed by atoms with E-state index in [-0.39, 0.29) is 11.2 Å². The molecule has 4 heteroatoms. The lowest BCUT2D eigenvalue weighted by Crippen LogP contribution is -2.46. The number of hydrogen-bond donors (Lipinski definition) is 0. The van der Waals surface area contributed by atoms with Crippen LogP contribution in [0, 0.1) is 0 Å². The van der Waals surface area contributed by atoms with Crippen molar-refractivity contribution in [2.45, 2.75) is 45.1 Å². The van der Waals surface area contributed by atoms with Gasteiger partial charge in [-0.1, -0.05) is 42.4 Å². The van der Waals surface area contributed by atoms with Crippen molar-refractivity contribution in [2.24, 2.45) is 0 Å². The lowest BCUT2D eigenvalue weighted by Gasteiger charge is -2.40. The molecule has 1 aromatic heterocycles. The van der Waals surface area contributed by atoms with E-state index in [1.807, 2.05) is 24.3 Å². The third-order valence-electron chi connectivity index (χ3n) is 5.06. The second-order valence-corrected chi connectivity index (χ2v) is 6.42. The average Bonchev–Trinajstić information content (AvgIpc) is 3.04. The zero-order chi connectivity index (χ0) is 16.3. The molecule has 122 valence electrons. The van der Waals surface area contributed by atoms with Crippen LogP contribution in [0.15, 0.2) is 40.9 Å². The van der Waals surface area contributed by atoms with Gasteiger partial charge in [0.2, 0.25) is 0 Å². The number of Topliss-reactive ketones (excluding diaryl/α,β-unsaturated/α-hetero) is 1. The number of piperidine rings is 1. The Morgan fingerprint density at radius 1 is 1.26 bits per heavy atom. The maximum absolute atomic E-state index is 12.4. The number of hydrogen-bond acceptors (Lipinski definition) is 4. The maximum atomic E-state index is 12.4. The Morgan fingerprint density at radius 3 is 2.52 bits per heavy atom. The van der Waals surface area contributed by atoms with Crippen LogP contribution in [0.1, 0.15) is 43.7 Å². The Hall–Kier alpha value is -1.94. The zero-order valence-corrected chi connectivity index (χ0v) is 13.9. The number of ketones is 1. The van der Waals surface area contributed by atoms with Gasteiger partial charge in [0.25, 0.3) is 0 Å². The maximum Gasteiger partial charge on any atom is 0.150 e. The zero-order valence-electron chi connectivity index (χ0n) is 13.9. The van der Waals surface area contributed by atoms with E-state index < -0.39 is 0 Å². The highest BCUT2D eigenvalue weighted by Crippen LogP contribution is 2.36. The smallest absolute Gasteiger partial charge is 0.150 e. The Balaban J connectivity index is 1.69. The molecule has 0 bridgehead atoms. The van der Waals surface area contributed by atoms with Crippen LogP contribution >= 0.6 is 0 Å². The first kappa shape index (κ1) is 15.9. The predicted octanol–water partition coefficient (Wildman–Crippen LogP) is 3.36.